The van der Waals surface area contributed by atoms with Gasteiger partial charge in [0, 0.05) is 12.0 Å². The molecular weight excluding hydrogens is 308 g/mol. The first-order valence-corrected chi connectivity index (χ1v) is 7.39. The van der Waals surface area contributed by atoms with Crippen molar-refractivity contribution in [3.05, 3.63) is 66.0 Å². The first-order chi connectivity index (χ1) is 11.7. The average molecular weight is 324 g/mol. The summed E-state index contributed by atoms with van der Waals surface area (Å²) in [5, 5.41) is 11.6. The Morgan fingerprint density at radius 3 is 2.71 bits per heavy atom. The highest BCUT2D eigenvalue weighted by Gasteiger charge is 2.21. The van der Waals surface area contributed by atoms with Crippen LogP contribution in [0.5, 0.6) is 0 Å². The number of nitrogens with one attached hydrogen (secondary N) is 3. The van der Waals surface area contributed by atoms with Gasteiger partial charge in [-0.2, -0.15) is 0 Å². The first-order valence-electron chi connectivity index (χ1n) is 7.39. The van der Waals surface area contributed by atoms with E-state index in [-0.39, 0.29) is 6.42 Å². The molecule has 0 radical (unpaired) electrons. The quantitative estimate of drug-likeness (QED) is 0.420. The molecule has 0 spiro atoms. The highest BCUT2D eigenvalue weighted by Crippen LogP contribution is 2.12. The van der Waals surface area contributed by atoms with Crippen molar-refractivity contribution in [3.63, 3.8) is 0 Å². The number of hydroxylamine groups is 1. The number of benzene rings is 2. The van der Waals surface area contributed by atoms with Crippen molar-refractivity contribution in [3.8, 4) is 0 Å². The normalized spacial score (nSPS) is 11.9. The summed E-state index contributed by atoms with van der Waals surface area (Å²) in [4.78, 5) is 31.3. The molecule has 7 nitrogen and oxygen atoms in total. The first kappa shape index (κ1) is 15.7. The van der Waals surface area contributed by atoms with Gasteiger partial charge in [-0.25, -0.2) is 10.5 Å². The van der Waals surface area contributed by atoms with E-state index in [0.717, 1.165) is 16.6 Å². The molecule has 3 aromatic rings. The molecule has 1 aromatic heterocycles. The maximum Gasteiger partial charge on any atom is 0.266 e. The maximum absolute atomic E-state index is 12.4. The molecule has 7 heteroatoms. The largest absolute Gasteiger partial charge is 0.345 e. The molecule has 1 heterocycles. The van der Waals surface area contributed by atoms with Gasteiger partial charge in [-0.1, -0.05) is 30.3 Å². The van der Waals surface area contributed by atoms with E-state index >= 15 is 0 Å². The predicted molar refractivity (Wildman–Crippen MR) is 87.4 cm³/mol. The molecule has 3 rings (SSSR count). The van der Waals surface area contributed by atoms with Gasteiger partial charge in [0.05, 0.1) is 17.4 Å². The Labute approximate surface area is 137 Å². The van der Waals surface area contributed by atoms with Gasteiger partial charge < -0.3 is 10.3 Å². The van der Waals surface area contributed by atoms with Gasteiger partial charge in [-0.3, -0.25) is 14.8 Å². The molecule has 122 valence electrons. The molecule has 0 aliphatic carbocycles. The smallest absolute Gasteiger partial charge is 0.266 e. The van der Waals surface area contributed by atoms with Crippen LogP contribution in [-0.2, 0) is 11.2 Å². The number of carbonyl (C=O) groups is 2. The fraction of sp³-hybridized carbons (Fsp3) is 0.118. The molecule has 24 heavy (non-hydrogen) atoms. The molecule has 1 unspecified atom stereocenters. The van der Waals surface area contributed by atoms with Crippen LogP contribution >= 0.6 is 0 Å². The second-order valence-electron chi connectivity index (χ2n) is 5.33. The van der Waals surface area contributed by atoms with Crippen LogP contribution in [0.1, 0.15) is 15.9 Å². The predicted octanol–water partition coefficient (Wildman–Crippen LogP) is 1.41. The number of rotatable bonds is 5. The van der Waals surface area contributed by atoms with Crippen LogP contribution in [0.4, 0.5) is 0 Å². The van der Waals surface area contributed by atoms with Crippen LogP contribution in [0.25, 0.3) is 11.0 Å². The Hall–Kier alpha value is -3.19. The van der Waals surface area contributed by atoms with Gasteiger partial charge >= 0.3 is 0 Å². The van der Waals surface area contributed by atoms with Gasteiger partial charge in [0.1, 0.15) is 6.04 Å². The molecule has 0 aliphatic rings. The van der Waals surface area contributed by atoms with Gasteiger partial charge in [0.2, 0.25) is 0 Å². The van der Waals surface area contributed by atoms with Crippen LogP contribution < -0.4 is 10.8 Å². The molecule has 0 aliphatic heterocycles. The third-order valence-corrected chi connectivity index (χ3v) is 3.70. The standard InChI is InChI=1S/C17H16N4O3/c22-16(12-6-7-13-14(9-12)19-10-18-13)20-15(17(23)21-24)8-11-4-2-1-3-5-11/h1-7,9-10,15,24H,8H2,(H,18,19)(H,20,22)(H,21,23). The number of aromatic amines is 1. The number of imidazole rings is 1. The summed E-state index contributed by atoms with van der Waals surface area (Å²) >= 11 is 0. The Morgan fingerprint density at radius 2 is 1.96 bits per heavy atom. The lowest BCUT2D eigenvalue weighted by Gasteiger charge is -2.17. The van der Waals surface area contributed by atoms with Gasteiger partial charge in [0.15, 0.2) is 0 Å². The van der Waals surface area contributed by atoms with Crippen LogP contribution in [0.15, 0.2) is 54.9 Å². The van der Waals surface area contributed by atoms with Crippen molar-refractivity contribution in [2.75, 3.05) is 0 Å². The van der Waals surface area contributed by atoms with Crippen LogP contribution in [0.2, 0.25) is 0 Å². The minimum atomic E-state index is -0.887. The highest BCUT2D eigenvalue weighted by atomic mass is 16.5. The molecule has 0 saturated heterocycles. The molecule has 0 bridgehead atoms. The second-order valence-corrected chi connectivity index (χ2v) is 5.33. The number of nitrogens with zero attached hydrogens (tertiary/aromatic N) is 1. The number of hydrogen-bond donors (Lipinski definition) is 4. The lowest BCUT2D eigenvalue weighted by molar-refractivity contribution is -0.131. The lowest BCUT2D eigenvalue weighted by Crippen LogP contribution is -2.47. The van der Waals surface area contributed by atoms with Crippen molar-refractivity contribution in [2.45, 2.75) is 12.5 Å². The summed E-state index contributed by atoms with van der Waals surface area (Å²) < 4.78 is 0. The summed E-state index contributed by atoms with van der Waals surface area (Å²) in [7, 11) is 0. The number of hydrogen-bond acceptors (Lipinski definition) is 4. The van der Waals surface area contributed by atoms with Gasteiger partial charge in [0.25, 0.3) is 11.8 Å². The number of aromatic nitrogens is 2. The Kier molecular flexibility index (Phi) is 4.53. The van der Waals surface area contributed by atoms with Gasteiger partial charge in [-0.15, -0.1) is 0 Å². The van der Waals surface area contributed by atoms with E-state index < -0.39 is 17.9 Å². The topological polar surface area (TPSA) is 107 Å². The summed E-state index contributed by atoms with van der Waals surface area (Å²) in [5.74, 6) is -1.08. The molecule has 4 N–H and O–H groups in total. The van der Waals surface area contributed by atoms with Crippen molar-refractivity contribution in [1.82, 2.24) is 20.8 Å². The number of fused-ring (bicyclic) bond motifs is 1. The zero-order valence-electron chi connectivity index (χ0n) is 12.7. The third-order valence-electron chi connectivity index (χ3n) is 3.70. The maximum atomic E-state index is 12.4. The van der Waals surface area contributed by atoms with E-state index in [2.05, 4.69) is 15.3 Å². The summed E-state index contributed by atoms with van der Waals surface area (Å²) in [6, 6.07) is 13.4. The van der Waals surface area contributed by atoms with Crippen LogP contribution in [-0.4, -0.2) is 33.0 Å². The summed E-state index contributed by atoms with van der Waals surface area (Å²) in [6.07, 6.45) is 1.81. The van der Waals surface area contributed by atoms with E-state index in [1.54, 1.807) is 30.0 Å². The van der Waals surface area contributed by atoms with Crippen LogP contribution in [0, 0.1) is 0 Å². The minimum Gasteiger partial charge on any atom is -0.345 e. The van der Waals surface area contributed by atoms with Crippen molar-refractivity contribution in [2.24, 2.45) is 0 Å². The average Bonchev–Trinajstić information content (AvgIpc) is 3.09. The Bertz CT molecular complexity index is 860. The van der Waals surface area contributed by atoms with E-state index in [4.69, 9.17) is 5.21 Å². The van der Waals surface area contributed by atoms with E-state index in [9.17, 15) is 9.59 Å². The molecule has 2 aromatic carbocycles. The molecule has 1 atom stereocenters. The molecular formula is C17H16N4O3. The lowest BCUT2D eigenvalue weighted by atomic mass is 10.0. The fourth-order valence-electron chi connectivity index (χ4n) is 2.46. The van der Waals surface area contributed by atoms with Crippen molar-refractivity contribution in [1.29, 1.82) is 0 Å². The number of carbonyl (C=O) groups excluding carboxylic acids is 2. The summed E-state index contributed by atoms with van der Waals surface area (Å²) in [6.45, 7) is 0. The monoisotopic (exact) mass is 324 g/mol. The Balaban J connectivity index is 1.78. The third kappa shape index (κ3) is 3.41. The van der Waals surface area contributed by atoms with Gasteiger partial charge in [-0.05, 0) is 23.8 Å². The van der Waals surface area contributed by atoms with Crippen molar-refractivity contribution >= 4 is 22.8 Å². The van der Waals surface area contributed by atoms with E-state index in [1.165, 1.54) is 0 Å². The second kappa shape index (κ2) is 6.93. The van der Waals surface area contributed by atoms with E-state index in [0.29, 0.717) is 5.56 Å². The zero-order chi connectivity index (χ0) is 16.9. The van der Waals surface area contributed by atoms with Crippen LogP contribution in [0.3, 0.4) is 0 Å². The summed E-state index contributed by atoms with van der Waals surface area (Å²) in [5.41, 5.74) is 4.35. The minimum absolute atomic E-state index is 0.269. The number of amides is 2. The highest BCUT2D eigenvalue weighted by molar-refractivity contribution is 5.99. The van der Waals surface area contributed by atoms with E-state index in [1.807, 2.05) is 30.3 Å². The molecule has 2 amide bonds. The SMILES string of the molecule is O=C(NC(Cc1ccccc1)C(=O)NO)c1ccc2nc[nH]c2c1. The Morgan fingerprint density at radius 1 is 1.17 bits per heavy atom. The zero-order valence-corrected chi connectivity index (χ0v) is 12.7. The van der Waals surface area contributed by atoms with Crippen molar-refractivity contribution < 1.29 is 14.8 Å². The number of H-pyrrole nitrogens is 1. The fourth-order valence-corrected chi connectivity index (χ4v) is 2.46. The molecule has 0 fully saturated rings. The molecule has 0 saturated carbocycles.